The largest absolute Gasteiger partial charge is 0.484 e. The first-order valence-electron chi connectivity index (χ1n) is 9.41. The fourth-order valence-electron chi connectivity index (χ4n) is 3.06. The maximum atomic E-state index is 12.3. The maximum absolute atomic E-state index is 12.3. The zero-order valence-corrected chi connectivity index (χ0v) is 17.3. The Hall–Kier alpha value is -2.04. The first kappa shape index (κ1) is 21.3. The van der Waals surface area contributed by atoms with Gasteiger partial charge in [-0.05, 0) is 61.8 Å². The van der Waals surface area contributed by atoms with Gasteiger partial charge in [-0.25, -0.2) is 0 Å². The third-order valence-corrected chi connectivity index (χ3v) is 5.20. The molecule has 0 aromatic heterocycles. The number of nitrogens with one attached hydrogen (secondary N) is 1. The molecule has 1 unspecified atom stereocenters. The topological polar surface area (TPSA) is 41.6 Å². The van der Waals surface area contributed by atoms with Crippen molar-refractivity contribution in [2.45, 2.75) is 33.7 Å². The average Bonchev–Trinajstić information content (AvgIpc) is 2.67. The van der Waals surface area contributed by atoms with Crippen LogP contribution in [-0.2, 0) is 4.79 Å². The predicted molar refractivity (Wildman–Crippen MR) is 112 cm³/mol. The van der Waals surface area contributed by atoms with E-state index in [1.54, 1.807) is 0 Å². The molecule has 2 rings (SSSR count). The first-order valence-corrected chi connectivity index (χ1v) is 9.79. The third-order valence-electron chi connectivity index (χ3n) is 4.86. The Morgan fingerprint density at radius 2 is 1.81 bits per heavy atom. The summed E-state index contributed by atoms with van der Waals surface area (Å²) in [4.78, 5) is 14.6. The average molecular weight is 389 g/mol. The van der Waals surface area contributed by atoms with E-state index in [2.05, 4.69) is 24.1 Å². The SMILES string of the molecule is CCN(CC)C(CNC(=O)COc1ccc(C)c(C)c1)c1ccccc1Cl. The second-order valence-electron chi connectivity index (χ2n) is 6.60. The summed E-state index contributed by atoms with van der Waals surface area (Å²) in [5.74, 6) is 0.567. The molecule has 0 fully saturated rings. The number of benzene rings is 2. The van der Waals surface area contributed by atoms with Crippen molar-refractivity contribution >= 4 is 17.5 Å². The van der Waals surface area contributed by atoms with Crippen molar-refractivity contribution in [3.05, 3.63) is 64.2 Å². The number of carbonyl (C=O) groups excluding carboxylic acids is 1. The van der Waals surface area contributed by atoms with Crippen molar-refractivity contribution in [3.8, 4) is 5.75 Å². The Morgan fingerprint density at radius 3 is 2.44 bits per heavy atom. The molecule has 0 saturated carbocycles. The van der Waals surface area contributed by atoms with Gasteiger partial charge in [0.25, 0.3) is 5.91 Å². The van der Waals surface area contributed by atoms with Crippen molar-refractivity contribution in [1.29, 1.82) is 0 Å². The molecule has 1 N–H and O–H groups in total. The van der Waals surface area contributed by atoms with E-state index in [0.717, 1.165) is 29.2 Å². The van der Waals surface area contributed by atoms with Gasteiger partial charge in [0.2, 0.25) is 0 Å². The minimum Gasteiger partial charge on any atom is -0.484 e. The van der Waals surface area contributed by atoms with Gasteiger partial charge >= 0.3 is 0 Å². The van der Waals surface area contributed by atoms with Gasteiger partial charge in [0.05, 0.1) is 6.04 Å². The molecule has 0 aliphatic carbocycles. The van der Waals surface area contributed by atoms with Gasteiger partial charge in [0, 0.05) is 11.6 Å². The minimum absolute atomic E-state index is 0.00398. The van der Waals surface area contributed by atoms with E-state index in [1.165, 1.54) is 5.56 Å². The smallest absolute Gasteiger partial charge is 0.258 e. The highest BCUT2D eigenvalue weighted by Crippen LogP contribution is 2.27. The Bertz CT molecular complexity index is 760. The fraction of sp³-hybridized carbons (Fsp3) is 0.409. The molecule has 0 spiro atoms. The lowest BCUT2D eigenvalue weighted by molar-refractivity contribution is -0.123. The standard InChI is InChI=1S/C22H29ClN2O2/c1-5-25(6-2)21(19-9-7-8-10-20(19)23)14-24-22(26)15-27-18-12-11-16(3)17(4)13-18/h7-13,21H,5-6,14-15H2,1-4H3,(H,24,26). The number of halogens is 1. The quantitative estimate of drug-likeness (QED) is 0.685. The Morgan fingerprint density at radius 1 is 1.11 bits per heavy atom. The lowest BCUT2D eigenvalue weighted by Gasteiger charge is -2.30. The summed E-state index contributed by atoms with van der Waals surface area (Å²) < 4.78 is 5.63. The number of likely N-dealkylation sites (N-methyl/N-ethyl adjacent to an activating group) is 1. The number of aryl methyl sites for hydroxylation is 2. The molecule has 2 aromatic carbocycles. The number of carbonyl (C=O) groups is 1. The first-order chi connectivity index (χ1) is 13.0. The summed E-state index contributed by atoms with van der Waals surface area (Å²) in [6, 6.07) is 13.7. The molecule has 1 amide bonds. The molecule has 4 nitrogen and oxygen atoms in total. The van der Waals surface area contributed by atoms with E-state index >= 15 is 0 Å². The van der Waals surface area contributed by atoms with Crippen molar-refractivity contribution in [3.63, 3.8) is 0 Å². The van der Waals surface area contributed by atoms with Crippen LogP contribution in [-0.4, -0.2) is 37.0 Å². The summed E-state index contributed by atoms with van der Waals surface area (Å²) in [5.41, 5.74) is 3.38. The van der Waals surface area contributed by atoms with Crippen LogP contribution in [0.25, 0.3) is 0 Å². The number of rotatable bonds is 9. The van der Waals surface area contributed by atoms with E-state index in [-0.39, 0.29) is 18.6 Å². The van der Waals surface area contributed by atoms with Gasteiger partial charge in [0.15, 0.2) is 6.61 Å². The summed E-state index contributed by atoms with van der Waals surface area (Å²) in [6.07, 6.45) is 0. The van der Waals surface area contributed by atoms with Crippen LogP contribution in [0.2, 0.25) is 5.02 Å². The molecule has 0 aliphatic heterocycles. The van der Waals surface area contributed by atoms with Gasteiger partial charge < -0.3 is 10.1 Å². The lowest BCUT2D eigenvalue weighted by atomic mass is 10.0. The number of amides is 1. The molecule has 2 aromatic rings. The summed E-state index contributed by atoms with van der Waals surface area (Å²) in [7, 11) is 0. The van der Waals surface area contributed by atoms with Crippen LogP contribution in [0.3, 0.4) is 0 Å². The van der Waals surface area contributed by atoms with Crippen LogP contribution in [0.5, 0.6) is 5.75 Å². The molecule has 146 valence electrons. The van der Waals surface area contributed by atoms with Crippen LogP contribution >= 0.6 is 11.6 Å². The molecule has 0 radical (unpaired) electrons. The summed E-state index contributed by atoms with van der Waals surface area (Å²) in [6.45, 7) is 10.5. The normalized spacial score (nSPS) is 12.1. The lowest BCUT2D eigenvalue weighted by Crippen LogP contribution is -2.39. The predicted octanol–water partition coefficient (Wildman–Crippen LogP) is 4.53. The Balaban J connectivity index is 1.98. The number of hydrogen-bond acceptors (Lipinski definition) is 3. The fourth-order valence-corrected chi connectivity index (χ4v) is 3.32. The van der Waals surface area contributed by atoms with Crippen LogP contribution in [0.1, 0.15) is 36.6 Å². The van der Waals surface area contributed by atoms with Crippen LogP contribution in [0.4, 0.5) is 0 Å². The Kier molecular flexibility index (Phi) is 8.14. The summed E-state index contributed by atoms with van der Waals surface area (Å²) >= 11 is 6.40. The summed E-state index contributed by atoms with van der Waals surface area (Å²) in [5, 5.41) is 3.71. The second kappa shape index (κ2) is 10.3. The van der Waals surface area contributed by atoms with E-state index in [1.807, 2.05) is 56.3 Å². The maximum Gasteiger partial charge on any atom is 0.258 e. The number of ether oxygens (including phenoxy) is 1. The van der Waals surface area contributed by atoms with Crippen LogP contribution in [0, 0.1) is 13.8 Å². The number of nitrogens with zero attached hydrogens (tertiary/aromatic N) is 1. The molecule has 0 bridgehead atoms. The monoisotopic (exact) mass is 388 g/mol. The molecule has 0 saturated heterocycles. The highest BCUT2D eigenvalue weighted by Gasteiger charge is 2.21. The van der Waals surface area contributed by atoms with E-state index in [4.69, 9.17) is 16.3 Å². The van der Waals surface area contributed by atoms with Gasteiger partial charge in [-0.2, -0.15) is 0 Å². The number of hydrogen-bond donors (Lipinski definition) is 1. The van der Waals surface area contributed by atoms with Crippen LogP contribution < -0.4 is 10.1 Å². The molecule has 0 heterocycles. The molecular formula is C22H29ClN2O2. The van der Waals surface area contributed by atoms with Gasteiger partial charge in [-0.1, -0.05) is 49.7 Å². The van der Waals surface area contributed by atoms with Gasteiger partial charge in [0.1, 0.15) is 5.75 Å². The minimum atomic E-state index is -0.141. The van der Waals surface area contributed by atoms with Crippen molar-refractivity contribution < 1.29 is 9.53 Å². The molecular weight excluding hydrogens is 360 g/mol. The Labute approximate surface area is 167 Å². The van der Waals surface area contributed by atoms with Crippen molar-refractivity contribution in [1.82, 2.24) is 10.2 Å². The van der Waals surface area contributed by atoms with E-state index < -0.39 is 0 Å². The van der Waals surface area contributed by atoms with E-state index in [0.29, 0.717) is 12.3 Å². The van der Waals surface area contributed by atoms with Crippen LogP contribution in [0.15, 0.2) is 42.5 Å². The van der Waals surface area contributed by atoms with E-state index in [9.17, 15) is 4.79 Å². The zero-order chi connectivity index (χ0) is 19.8. The highest BCUT2D eigenvalue weighted by atomic mass is 35.5. The molecule has 27 heavy (non-hydrogen) atoms. The third kappa shape index (κ3) is 5.98. The van der Waals surface area contributed by atoms with Crippen molar-refractivity contribution in [2.24, 2.45) is 0 Å². The zero-order valence-electron chi connectivity index (χ0n) is 16.6. The molecule has 5 heteroatoms. The van der Waals surface area contributed by atoms with Gasteiger partial charge in [-0.3, -0.25) is 9.69 Å². The molecule has 0 aliphatic rings. The van der Waals surface area contributed by atoms with Gasteiger partial charge in [-0.15, -0.1) is 0 Å². The van der Waals surface area contributed by atoms with Crippen molar-refractivity contribution in [2.75, 3.05) is 26.2 Å². The second-order valence-corrected chi connectivity index (χ2v) is 7.00. The highest BCUT2D eigenvalue weighted by molar-refractivity contribution is 6.31. The molecule has 1 atom stereocenters.